The van der Waals surface area contributed by atoms with Crippen LogP contribution in [0.1, 0.15) is 22.3 Å². The van der Waals surface area contributed by atoms with Crippen molar-refractivity contribution in [3.63, 3.8) is 0 Å². The number of ether oxygens (including phenoxy) is 1. The molecule has 0 spiro atoms. The maximum Gasteiger partial charge on any atom is 0.422 e. The molecule has 0 aliphatic rings. The first-order valence-corrected chi connectivity index (χ1v) is 9.63. The maximum absolute atomic E-state index is 12.4. The summed E-state index contributed by atoms with van der Waals surface area (Å²) in [6, 6.07) is 8.56. The van der Waals surface area contributed by atoms with Crippen LogP contribution in [0.4, 0.5) is 24.5 Å². The molecule has 0 saturated heterocycles. The third kappa shape index (κ3) is 7.84. The first kappa shape index (κ1) is 24.0. The van der Waals surface area contributed by atoms with Gasteiger partial charge in [-0.3, -0.25) is 9.59 Å². The number of carbonyl (C=O) groups is 2. The van der Waals surface area contributed by atoms with Crippen molar-refractivity contribution >= 4 is 23.2 Å². The Kier molecular flexibility index (Phi) is 7.90. The Morgan fingerprint density at radius 2 is 1.55 bits per heavy atom. The van der Waals surface area contributed by atoms with Crippen molar-refractivity contribution < 1.29 is 27.5 Å². The summed E-state index contributed by atoms with van der Waals surface area (Å²) in [5.41, 5.74) is 4.59. The van der Waals surface area contributed by atoms with E-state index in [2.05, 4.69) is 16.0 Å². The number of rotatable bonds is 8. The average Bonchev–Trinajstić information content (AvgIpc) is 2.66. The number of alkyl halides is 3. The molecular weight excluding hydrogens is 411 g/mol. The Labute approximate surface area is 179 Å². The van der Waals surface area contributed by atoms with Gasteiger partial charge in [0.2, 0.25) is 11.8 Å². The summed E-state index contributed by atoms with van der Waals surface area (Å²) in [6.45, 7) is 5.55. The van der Waals surface area contributed by atoms with Gasteiger partial charge in [-0.05, 0) is 56.5 Å². The zero-order valence-electron chi connectivity index (χ0n) is 17.9. The molecule has 31 heavy (non-hydrogen) atoms. The van der Waals surface area contributed by atoms with Gasteiger partial charge in [-0.25, -0.2) is 0 Å². The molecule has 0 bridgehead atoms. The first-order valence-electron chi connectivity index (χ1n) is 9.63. The molecule has 6 nitrogen and oxygen atoms in total. The van der Waals surface area contributed by atoms with Crippen molar-refractivity contribution in [3.8, 4) is 5.75 Å². The SMILES string of the molecule is Cc1cc(C)c(NC(=O)CNC(=O)CNc2ccc(C)cc2OCC(F)(F)F)c(C)c1. The summed E-state index contributed by atoms with van der Waals surface area (Å²) in [6.07, 6.45) is -4.47. The second-order valence-electron chi connectivity index (χ2n) is 7.36. The molecule has 0 aliphatic heterocycles. The summed E-state index contributed by atoms with van der Waals surface area (Å²) in [5, 5.41) is 7.99. The second-order valence-corrected chi connectivity index (χ2v) is 7.36. The van der Waals surface area contributed by atoms with Gasteiger partial charge in [0.05, 0.1) is 18.8 Å². The zero-order valence-corrected chi connectivity index (χ0v) is 17.9. The van der Waals surface area contributed by atoms with Crippen LogP contribution in [0.5, 0.6) is 5.75 Å². The fourth-order valence-corrected chi connectivity index (χ4v) is 3.03. The van der Waals surface area contributed by atoms with E-state index in [1.807, 2.05) is 32.9 Å². The van der Waals surface area contributed by atoms with Crippen LogP contribution in [0.15, 0.2) is 30.3 Å². The quantitative estimate of drug-likeness (QED) is 0.583. The Bertz CT molecular complexity index is 936. The van der Waals surface area contributed by atoms with Crippen molar-refractivity contribution in [2.45, 2.75) is 33.9 Å². The molecule has 0 aliphatic carbocycles. The number of halogens is 3. The van der Waals surface area contributed by atoms with Crippen LogP contribution in [0.25, 0.3) is 0 Å². The van der Waals surface area contributed by atoms with Gasteiger partial charge in [0.1, 0.15) is 5.75 Å². The summed E-state index contributed by atoms with van der Waals surface area (Å²) in [5.74, 6) is -0.879. The standard InChI is InChI=1S/C22H26F3N3O3/c1-13-5-6-17(18(9-13)31-12-22(23,24)25)26-10-19(29)27-11-20(30)28-21-15(3)7-14(2)8-16(21)4/h5-9,26H,10-12H2,1-4H3,(H,27,29)(H,28,30). The van der Waals surface area contributed by atoms with E-state index in [9.17, 15) is 22.8 Å². The van der Waals surface area contributed by atoms with E-state index in [1.165, 1.54) is 12.1 Å². The van der Waals surface area contributed by atoms with E-state index in [-0.39, 0.29) is 30.4 Å². The number of anilines is 2. The summed E-state index contributed by atoms with van der Waals surface area (Å²) >= 11 is 0. The molecule has 0 radical (unpaired) electrons. The van der Waals surface area contributed by atoms with Gasteiger partial charge in [0.15, 0.2) is 6.61 Å². The normalized spacial score (nSPS) is 11.1. The van der Waals surface area contributed by atoms with Gasteiger partial charge in [-0.1, -0.05) is 23.8 Å². The number of amides is 2. The Hall–Kier alpha value is -3.23. The lowest BCUT2D eigenvalue weighted by atomic mass is 10.1. The minimum atomic E-state index is -4.47. The number of nitrogens with one attached hydrogen (secondary N) is 3. The molecule has 2 aromatic carbocycles. The average molecular weight is 437 g/mol. The molecule has 2 amide bonds. The van der Waals surface area contributed by atoms with Crippen molar-refractivity contribution in [2.24, 2.45) is 0 Å². The largest absolute Gasteiger partial charge is 0.482 e. The molecule has 0 atom stereocenters. The molecule has 2 aromatic rings. The fourth-order valence-electron chi connectivity index (χ4n) is 3.03. The Morgan fingerprint density at radius 3 is 2.16 bits per heavy atom. The Morgan fingerprint density at radius 1 is 0.903 bits per heavy atom. The van der Waals surface area contributed by atoms with Gasteiger partial charge >= 0.3 is 6.18 Å². The molecule has 3 N–H and O–H groups in total. The predicted molar refractivity (Wildman–Crippen MR) is 114 cm³/mol. The van der Waals surface area contributed by atoms with Crippen molar-refractivity contribution in [1.29, 1.82) is 0 Å². The van der Waals surface area contributed by atoms with Crippen LogP contribution in [-0.4, -0.2) is 37.7 Å². The fraction of sp³-hybridized carbons (Fsp3) is 0.364. The molecule has 2 rings (SSSR count). The summed E-state index contributed by atoms with van der Waals surface area (Å²) in [7, 11) is 0. The van der Waals surface area contributed by atoms with Crippen LogP contribution in [0.3, 0.4) is 0 Å². The highest BCUT2D eigenvalue weighted by Gasteiger charge is 2.28. The molecule has 0 saturated carbocycles. The third-order valence-electron chi connectivity index (χ3n) is 4.36. The summed E-state index contributed by atoms with van der Waals surface area (Å²) in [4.78, 5) is 24.3. The maximum atomic E-state index is 12.4. The lowest BCUT2D eigenvalue weighted by Crippen LogP contribution is -2.36. The highest BCUT2D eigenvalue weighted by molar-refractivity contribution is 5.96. The minimum Gasteiger partial charge on any atom is -0.482 e. The number of hydrogen-bond acceptors (Lipinski definition) is 4. The van der Waals surface area contributed by atoms with Crippen LogP contribution in [-0.2, 0) is 9.59 Å². The van der Waals surface area contributed by atoms with E-state index in [0.717, 1.165) is 16.7 Å². The van der Waals surface area contributed by atoms with E-state index in [0.29, 0.717) is 11.3 Å². The number of aryl methyl sites for hydroxylation is 4. The molecule has 0 fully saturated rings. The monoisotopic (exact) mass is 437 g/mol. The predicted octanol–water partition coefficient (Wildman–Crippen LogP) is 4.03. The van der Waals surface area contributed by atoms with E-state index in [4.69, 9.17) is 4.74 Å². The molecule has 9 heteroatoms. The van der Waals surface area contributed by atoms with Gasteiger partial charge in [-0.15, -0.1) is 0 Å². The molecule has 0 aromatic heterocycles. The third-order valence-corrected chi connectivity index (χ3v) is 4.36. The van der Waals surface area contributed by atoms with Crippen LogP contribution >= 0.6 is 0 Å². The number of benzene rings is 2. The van der Waals surface area contributed by atoms with Gasteiger partial charge in [0.25, 0.3) is 0 Å². The van der Waals surface area contributed by atoms with Gasteiger partial charge < -0.3 is 20.7 Å². The molecule has 0 unspecified atom stereocenters. The van der Waals surface area contributed by atoms with Crippen molar-refractivity contribution in [1.82, 2.24) is 5.32 Å². The van der Waals surface area contributed by atoms with E-state index in [1.54, 1.807) is 13.0 Å². The Balaban J connectivity index is 1.88. The topological polar surface area (TPSA) is 79.5 Å². The van der Waals surface area contributed by atoms with E-state index < -0.39 is 18.7 Å². The van der Waals surface area contributed by atoms with Crippen LogP contribution < -0.4 is 20.7 Å². The molecular formula is C22H26F3N3O3. The van der Waals surface area contributed by atoms with Crippen LogP contribution in [0, 0.1) is 27.7 Å². The highest BCUT2D eigenvalue weighted by atomic mass is 19.4. The van der Waals surface area contributed by atoms with Gasteiger partial charge in [-0.2, -0.15) is 13.2 Å². The minimum absolute atomic E-state index is 0.00631. The lowest BCUT2D eigenvalue weighted by molar-refractivity contribution is -0.153. The summed E-state index contributed by atoms with van der Waals surface area (Å²) < 4.78 is 42.2. The second kappa shape index (κ2) is 10.2. The van der Waals surface area contributed by atoms with Crippen molar-refractivity contribution in [3.05, 3.63) is 52.6 Å². The number of carbonyl (C=O) groups excluding carboxylic acids is 2. The molecule has 168 valence electrons. The highest BCUT2D eigenvalue weighted by Crippen LogP contribution is 2.27. The van der Waals surface area contributed by atoms with E-state index >= 15 is 0 Å². The zero-order chi connectivity index (χ0) is 23.2. The molecule has 0 heterocycles. The lowest BCUT2D eigenvalue weighted by Gasteiger charge is -2.15. The van der Waals surface area contributed by atoms with Crippen molar-refractivity contribution in [2.75, 3.05) is 30.3 Å². The number of hydrogen-bond donors (Lipinski definition) is 3. The smallest absolute Gasteiger partial charge is 0.422 e. The van der Waals surface area contributed by atoms with Gasteiger partial charge in [0, 0.05) is 5.69 Å². The first-order chi connectivity index (χ1) is 14.4. The van der Waals surface area contributed by atoms with Crippen LogP contribution in [0.2, 0.25) is 0 Å².